The molecule has 4 heteroatoms. The summed E-state index contributed by atoms with van der Waals surface area (Å²) in [5.41, 5.74) is 6.07. The number of pyridine rings is 2. The van der Waals surface area contributed by atoms with Crippen LogP contribution >= 0.6 is 0 Å². The summed E-state index contributed by atoms with van der Waals surface area (Å²) in [5, 5.41) is 1.94. The molecule has 0 aliphatic rings. The number of halogens is 1. The van der Waals surface area contributed by atoms with Crippen LogP contribution in [0.4, 0.5) is 4.39 Å². The Morgan fingerprint density at radius 2 is 1.61 bits per heavy atom. The molecule has 0 saturated carbocycles. The molecule has 0 spiro atoms. The molecule has 28 heavy (non-hydrogen) atoms. The third kappa shape index (κ3) is 2.49. The Hall–Kier alpha value is -3.53. The first kappa shape index (κ1) is 16.6. The van der Waals surface area contributed by atoms with Gasteiger partial charge in [0.05, 0.1) is 5.69 Å². The summed E-state index contributed by atoms with van der Waals surface area (Å²) in [4.78, 5) is 9.14. The number of benzene rings is 2. The number of hydrogen-bond acceptors (Lipinski definition) is 3. The number of hydrogen-bond donors (Lipinski definition) is 0. The van der Waals surface area contributed by atoms with E-state index in [1.54, 1.807) is 18.3 Å². The first-order chi connectivity index (χ1) is 13.6. The number of aromatic nitrogens is 2. The number of nitrogens with zero attached hydrogens (tertiary/aromatic N) is 2. The van der Waals surface area contributed by atoms with Crippen molar-refractivity contribution in [3.8, 4) is 22.4 Å². The average molecular weight is 368 g/mol. The van der Waals surface area contributed by atoms with Crippen LogP contribution in [0.3, 0.4) is 0 Å². The summed E-state index contributed by atoms with van der Waals surface area (Å²) >= 11 is 0. The van der Waals surface area contributed by atoms with Crippen molar-refractivity contribution < 1.29 is 8.81 Å². The van der Waals surface area contributed by atoms with E-state index in [9.17, 15) is 4.39 Å². The van der Waals surface area contributed by atoms with Crippen molar-refractivity contribution in [1.82, 2.24) is 9.97 Å². The molecule has 0 aliphatic carbocycles. The Labute approximate surface area is 161 Å². The number of fused-ring (bicyclic) bond motifs is 3. The van der Waals surface area contributed by atoms with Gasteiger partial charge in [0.1, 0.15) is 11.4 Å². The minimum absolute atomic E-state index is 0.275. The van der Waals surface area contributed by atoms with E-state index in [0.717, 1.165) is 38.7 Å². The molecule has 0 saturated heterocycles. The molecule has 0 aliphatic heterocycles. The SMILES string of the molecule is Cc1ccc2c(n1)oc1c(-c3ncccc3-c3ccccc3F)c(C)ccc12. The Balaban J connectivity index is 1.87. The molecule has 0 fully saturated rings. The molecule has 0 radical (unpaired) electrons. The smallest absolute Gasteiger partial charge is 0.227 e. The molecule has 0 amide bonds. The van der Waals surface area contributed by atoms with Crippen LogP contribution in [-0.2, 0) is 0 Å². The van der Waals surface area contributed by atoms with E-state index >= 15 is 0 Å². The molecular formula is C24H17FN2O. The zero-order chi connectivity index (χ0) is 19.3. The third-order valence-electron chi connectivity index (χ3n) is 5.06. The van der Waals surface area contributed by atoms with Crippen LogP contribution < -0.4 is 0 Å². The fourth-order valence-electron chi connectivity index (χ4n) is 3.71. The maximum atomic E-state index is 14.5. The quantitative estimate of drug-likeness (QED) is 0.359. The second-order valence-corrected chi connectivity index (χ2v) is 6.92. The van der Waals surface area contributed by atoms with Crippen LogP contribution in [0.15, 0.2) is 71.3 Å². The maximum absolute atomic E-state index is 14.5. The van der Waals surface area contributed by atoms with Gasteiger partial charge in [-0.05, 0) is 43.7 Å². The lowest BCUT2D eigenvalue weighted by Gasteiger charge is -2.12. The molecule has 2 aromatic carbocycles. The van der Waals surface area contributed by atoms with E-state index in [-0.39, 0.29) is 5.82 Å². The van der Waals surface area contributed by atoms with Gasteiger partial charge in [0, 0.05) is 39.4 Å². The van der Waals surface area contributed by atoms with Crippen molar-refractivity contribution in [3.63, 3.8) is 0 Å². The van der Waals surface area contributed by atoms with Crippen molar-refractivity contribution in [1.29, 1.82) is 0 Å². The lowest BCUT2D eigenvalue weighted by Crippen LogP contribution is -1.93. The zero-order valence-corrected chi connectivity index (χ0v) is 15.5. The summed E-state index contributed by atoms with van der Waals surface area (Å²) in [6, 6.07) is 18.6. The van der Waals surface area contributed by atoms with Crippen LogP contribution in [0.25, 0.3) is 44.5 Å². The molecule has 0 unspecified atom stereocenters. The van der Waals surface area contributed by atoms with Crippen LogP contribution in [0.1, 0.15) is 11.3 Å². The first-order valence-corrected chi connectivity index (χ1v) is 9.13. The van der Waals surface area contributed by atoms with Crippen molar-refractivity contribution >= 4 is 22.1 Å². The zero-order valence-electron chi connectivity index (χ0n) is 15.5. The summed E-state index contributed by atoms with van der Waals surface area (Å²) in [5.74, 6) is -0.275. The lowest BCUT2D eigenvalue weighted by molar-refractivity contribution is 0.631. The van der Waals surface area contributed by atoms with Gasteiger partial charge in [-0.15, -0.1) is 0 Å². The topological polar surface area (TPSA) is 38.9 Å². The molecule has 5 rings (SSSR count). The minimum atomic E-state index is -0.275. The molecular weight excluding hydrogens is 351 g/mol. The van der Waals surface area contributed by atoms with Crippen LogP contribution in [0.5, 0.6) is 0 Å². The summed E-state index contributed by atoms with van der Waals surface area (Å²) < 4.78 is 20.7. The van der Waals surface area contributed by atoms with Gasteiger partial charge in [-0.3, -0.25) is 4.98 Å². The van der Waals surface area contributed by atoms with E-state index in [4.69, 9.17) is 4.42 Å². The summed E-state index contributed by atoms with van der Waals surface area (Å²) in [6.07, 6.45) is 1.73. The van der Waals surface area contributed by atoms with E-state index in [2.05, 4.69) is 9.97 Å². The minimum Gasteiger partial charge on any atom is -0.437 e. The van der Waals surface area contributed by atoms with Crippen molar-refractivity contribution in [2.45, 2.75) is 13.8 Å². The monoisotopic (exact) mass is 368 g/mol. The normalized spacial score (nSPS) is 11.4. The van der Waals surface area contributed by atoms with E-state index in [0.29, 0.717) is 17.0 Å². The fourth-order valence-corrected chi connectivity index (χ4v) is 3.71. The lowest BCUT2D eigenvalue weighted by atomic mass is 9.95. The van der Waals surface area contributed by atoms with Gasteiger partial charge in [0.25, 0.3) is 0 Å². The average Bonchev–Trinajstić information content (AvgIpc) is 3.06. The van der Waals surface area contributed by atoms with Gasteiger partial charge in [0.2, 0.25) is 5.71 Å². The standard InChI is InChI=1S/C24H17FN2O/c1-14-9-11-18-19-12-10-15(2)27-24(19)28-23(18)21(14)22-17(7-5-13-26-22)16-6-3-4-8-20(16)25/h3-13H,1-2H3. The van der Waals surface area contributed by atoms with Gasteiger partial charge in [0.15, 0.2) is 0 Å². The van der Waals surface area contributed by atoms with Crippen LogP contribution in [-0.4, -0.2) is 9.97 Å². The van der Waals surface area contributed by atoms with Gasteiger partial charge in [-0.25, -0.2) is 9.37 Å². The van der Waals surface area contributed by atoms with Gasteiger partial charge < -0.3 is 4.42 Å². The largest absolute Gasteiger partial charge is 0.437 e. The van der Waals surface area contributed by atoms with Crippen LogP contribution in [0.2, 0.25) is 0 Å². The Morgan fingerprint density at radius 1 is 0.821 bits per heavy atom. The second-order valence-electron chi connectivity index (χ2n) is 6.92. The first-order valence-electron chi connectivity index (χ1n) is 9.13. The predicted molar refractivity (Wildman–Crippen MR) is 110 cm³/mol. The Kier molecular flexibility index (Phi) is 3.72. The van der Waals surface area contributed by atoms with Crippen molar-refractivity contribution in [3.05, 3.63) is 83.9 Å². The summed E-state index contributed by atoms with van der Waals surface area (Å²) in [6.45, 7) is 3.95. The highest BCUT2D eigenvalue weighted by atomic mass is 19.1. The second kappa shape index (κ2) is 6.27. The third-order valence-corrected chi connectivity index (χ3v) is 5.06. The molecule has 5 aromatic rings. The maximum Gasteiger partial charge on any atom is 0.227 e. The van der Waals surface area contributed by atoms with E-state index < -0.39 is 0 Å². The molecule has 0 N–H and O–H groups in total. The Morgan fingerprint density at radius 3 is 2.46 bits per heavy atom. The molecule has 0 atom stereocenters. The van der Waals surface area contributed by atoms with E-state index in [1.165, 1.54) is 6.07 Å². The number of furan rings is 1. The van der Waals surface area contributed by atoms with E-state index in [1.807, 2.05) is 56.3 Å². The fraction of sp³-hybridized carbons (Fsp3) is 0.0833. The van der Waals surface area contributed by atoms with Crippen molar-refractivity contribution in [2.75, 3.05) is 0 Å². The van der Waals surface area contributed by atoms with Gasteiger partial charge >= 0.3 is 0 Å². The van der Waals surface area contributed by atoms with Gasteiger partial charge in [-0.2, -0.15) is 0 Å². The highest BCUT2D eigenvalue weighted by Gasteiger charge is 2.20. The summed E-state index contributed by atoms with van der Waals surface area (Å²) in [7, 11) is 0. The molecule has 3 aromatic heterocycles. The highest BCUT2D eigenvalue weighted by Crippen LogP contribution is 2.40. The number of rotatable bonds is 2. The Bertz CT molecular complexity index is 1350. The number of aryl methyl sites for hydroxylation is 2. The van der Waals surface area contributed by atoms with Gasteiger partial charge in [-0.1, -0.05) is 36.4 Å². The highest BCUT2D eigenvalue weighted by molar-refractivity contribution is 6.10. The molecule has 136 valence electrons. The van der Waals surface area contributed by atoms with Crippen molar-refractivity contribution in [2.24, 2.45) is 0 Å². The molecule has 0 bridgehead atoms. The predicted octanol–water partition coefficient (Wildman–Crippen LogP) is 6.47. The molecule has 3 heterocycles. The molecule has 3 nitrogen and oxygen atoms in total. The van der Waals surface area contributed by atoms with Crippen LogP contribution in [0, 0.1) is 19.7 Å².